The molecular weight excluding hydrogens is 410 g/mol. The minimum absolute atomic E-state index is 0.0234. The molecule has 7 nitrogen and oxygen atoms in total. The first-order chi connectivity index (χ1) is 14.0. The Morgan fingerprint density at radius 1 is 1.41 bits per heavy atom. The van der Waals surface area contributed by atoms with Gasteiger partial charge in [0, 0.05) is 36.6 Å². The maximum Gasteiger partial charge on any atom is 0.265 e. The van der Waals surface area contributed by atoms with Crippen LogP contribution in [0.2, 0.25) is 5.02 Å². The second-order valence-corrected chi connectivity index (χ2v) is 9.16. The van der Waals surface area contributed by atoms with Gasteiger partial charge in [-0.3, -0.25) is 9.78 Å². The van der Waals surface area contributed by atoms with Crippen molar-refractivity contribution < 1.29 is 9.21 Å². The first-order valence-electron chi connectivity index (χ1n) is 9.50. The number of amides is 1. The number of aryl methyl sites for hydroxylation is 1. The van der Waals surface area contributed by atoms with E-state index in [1.165, 1.54) is 11.3 Å². The number of nitrogens with one attached hydrogen (secondary N) is 1. The summed E-state index contributed by atoms with van der Waals surface area (Å²) in [6.07, 6.45) is 2.16. The SMILES string of the molecule is Cc1ccc(Cc2nnc(C3CN(C(=O)c4cncs4)CC34CNC4)o2)cc1Cl. The van der Waals surface area contributed by atoms with E-state index in [0.29, 0.717) is 36.2 Å². The number of hydrogen-bond acceptors (Lipinski definition) is 7. The van der Waals surface area contributed by atoms with Crippen LogP contribution in [-0.4, -0.2) is 52.2 Å². The average molecular weight is 430 g/mol. The molecule has 2 aliphatic heterocycles. The summed E-state index contributed by atoms with van der Waals surface area (Å²) in [5, 5.41) is 12.7. The van der Waals surface area contributed by atoms with Crippen LogP contribution in [0.5, 0.6) is 0 Å². The van der Waals surface area contributed by atoms with Crippen molar-refractivity contribution in [1.29, 1.82) is 0 Å². The number of hydrogen-bond donors (Lipinski definition) is 1. The van der Waals surface area contributed by atoms with E-state index in [-0.39, 0.29) is 17.2 Å². The van der Waals surface area contributed by atoms with E-state index < -0.39 is 0 Å². The summed E-state index contributed by atoms with van der Waals surface area (Å²) >= 11 is 7.59. The zero-order valence-corrected chi connectivity index (χ0v) is 17.5. The summed E-state index contributed by atoms with van der Waals surface area (Å²) in [4.78, 5) is 19.4. The Hall–Kier alpha value is -2.29. The molecule has 1 N–H and O–H groups in total. The molecule has 2 fully saturated rings. The van der Waals surface area contributed by atoms with Crippen molar-refractivity contribution >= 4 is 28.8 Å². The topological polar surface area (TPSA) is 84.2 Å². The number of likely N-dealkylation sites (tertiary alicyclic amines) is 1. The second kappa shape index (κ2) is 7.19. The molecule has 2 aliphatic rings. The third-order valence-corrected chi connectivity index (χ3v) is 7.07. The Balaban J connectivity index is 1.36. The molecule has 2 aromatic heterocycles. The molecule has 29 heavy (non-hydrogen) atoms. The predicted molar refractivity (Wildman–Crippen MR) is 109 cm³/mol. The van der Waals surface area contributed by atoms with Gasteiger partial charge < -0.3 is 14.6 Å². The number of carbonyl (C=O) groups is 1. The Morgan fingerprint density at radius 2 is 2.28 bits per heavy atom. The highest BCUT2D eigenvalue weighted by molar-refractivity contribution is 7.11. The molecule has 0 radical (unpaired) electrons. The first kappa shape index (κ1) is 18.7. The van der Waals surface area contributed by atoms with Gasteiger partial charge in [-0.15, -0.1) is 21.5 Å². The van der Waals surface area contributed by atoms with Crippen LogP contribution in [0.1, 0.15) is 38.5 Å². The number of rotatable bonds is 4. The minimum atomic E-state index is -0.0443. The van der Waals surface area contributed by atoms with E-state index in [1.807, 2.05) is 30.0 Å². The maximum absolute atomic E-state index is 12.8. The molecule has 4 heterocycles. The highest BCUT2D eigenvalue weighted by atomic mass is 35.5. The standard InChI is InChI=1S/C20H20ClN5O2S/c1-12-2-3-13(4-15(12)21)5-17-24-25-18(28-17)14-7-26(10-20(14)8-23-9-20)19(27)16-6-22-11-29-16/h2-4,6,11,14,23H,5,7-10H2,1H3. The molecule has 9 heteroatoms. The van der Waals surface area contributed by atoms with Gasteiger partial charge in [0.2, 0.25) is 11.8 Å². The molecule has 1 amide bonds. The largest absolute Gasteiger partial charge is 0.425 e. The Morgan fingerprint density at radius 3 is 2.97 bits per heavy atom. The van der Waals surface area contributed by atoms with Crippen LogP contribution in [0, 0.1) is 12.3 Å². The molecule has 1 spiro atoms. The number of benzene rings is 1. The van der Waals surface area contributed by atoms with Crippen molar-refractivity contribution in [3.63, 3.8) is 0 Å². The number of halogens is 1. The predicted octanol–water partition coefficient (Wildman–Crippen LogP) is 2.91. The van der Waals surface area contributed by atoms with Crippen LogP contribution in [0.15, 0.2) is 34.3 Å². The van der Waals surface area contributed by atoms with Gasteiger partial charge in [-0.2, -0.15) is 0 Å². The first-order valence-corrected chi connectivity index (χ1v) is 10.8. The molecule has 0 aliphatic carbocycles. The number of carbonyl (C=O) groups excluding carboxylic acids is 1. The normalized spacial score (nSPS) is 20.2. The van der Waals surface area contributed by atoms with Crippen molar-refractivity contribution in [2.45, 2.75) is 19.3 Å². The maximum atomic E-state index is 12.8. The summed E-state index contributed by atoms with van der Waals surface area (Å²) < 4.78 is 6.05. The van der Waals surface area contributed by atoms with E-state index in [1.54, 1.807) is 11.7 Å². The average Bonchev–Trinajstić information content (AvgIpc) is 3.42. The molecule has 1 aromatic carbocycles. The van der Waals surface area contributed by atoms with Gasteiger partial charge in [-0.25, -0.2) is 0 Å². The van der Waals surface area contributed by atoms with Crippen molar-refractivity contribution in [1.82, 2.24) is 25.4 Å². The lowest BCUT2D eigenvalue weighted by atomic mass is 9.73. The lowest BCUT2D eigenvalue weighted by molar-refractivity contribution is 0.0753. The van der Waals surface area contributed by atoms with Crippen LogP contribution in [0.4, 0.5) is 0 Å². The van der Waals surface area contributed by atoms with Gasteiger partial charge in [0.05, 0.1) is 24.0 Å². The fourth-order valence-electron chi connectivity index (χ4n) is 4.14. The Kier molecular flexibility index (Phi) is 4.64. The van der Waals surface area contributed by atoms with Gasteiger partial charge in [0.15, 0.2) is 0 Å². The highest BCUT2D eigenvalue weighted by Crippen LogP contribution is 2.45. The van der Waals surface area contributed by atoms with Crippen LogP contribution in [0.25, 0.3) is 0 Å². The molecule has 2 saturated heterocycles. The Labute approximate surface area is 177 Å². The quantitative estimate of drug-likeness (QED) is 0.686. The van der Waals surface area contributed by atoms with Crippen molar-refractivity contribution in [3.8, 4) is 0 Å². The second-order valence-electron chi connectivity index (χ2n) is 7.86. The third-order valence-electron chi connectivity index (χ3n) is 5.90. The van der Waals surface area contributed by atoms with Gasteiger partial charge in [-0.1, -0.05) is 23.7 Å². The molecule has 150 valence electrons. The molecule has 1 atom stereocenters. The molecule has 1 unspecified atom stereocenters. The van der Waals surface area contributed by atoms with Gasteiger partial charge in [0.25, 0.3) is 5.91 Å². The molecular formula is C20H20ClN5O2S. The zero-order chi connectivity index (χ0) is 20.0. The summed E-state index contributed by atoms with van der Waals surface area (Å²) in [6.45, 7) is 4.93. The van der Waals surface area contributed by atoms with Crippen LogP contribution >= 0.6 is 22.9 Å². The monoisotopic (exact) mass is 429 g/mol. The minimum Gasteiger partial charge on any atom is -0.425 e. The molecule has 5 rings (SSSR count). The zero-order valence-electron chi connectivity index (χ0n) is 15.9. The smallest absolute Gasteiger partial charge is 0.265 e. The number of nitrogens with zero attached hydrogens (tertiary/aromatic N) is 4. The van der Waals surface area contributed by atoms with E-state index in [4.69, 9.17) is 16.0 Å². The number of thiazole rings is 1. The lowest BCUT2D eigenvalue weighted by Gasteiger charge is -2.42. The molecule has 0 bridgehead atoms. The molecule has 3 aromatic rings. The van der Waals surface area contributed by atoms with E-state index in [9.17, 15) is 4.79 Å². The highest BCUT2D eigenvalue weighted by Gasteiger charge is 2.54. The number of aromatic nitrogens is 3. The van der Waals surface area contributed by atoms with Crippen molar-refractivity contribution in [3.05, 3.63) is 62.7 Å². The summed E-state index contributed by atoms with van der Waals surface area (Å²) in [5.74, 6) is 1.23. The summed E-state index contributed by atoms with van der Waals surface area (Å²) in [5.41, 5.74) is 3.71. The van der Waals surface area contributed by atoms with Crippen LogP contribution in [0.3, 0.4) is 0 Å². The fraction of sp³-hybridized carbons (Fsp3) is 0.400. The van der Waals surface area contributed by atoms with Gasteiger partial charge >= 0.3 is 0 Å². The van der Waals surface area contributed by atoms with Gasteiger partial charge in [-0.05, 0) is 24.1 Å². The molecule has 0 saturated carbocycles. The van der Waals surface area contributed by atoms with Crippen LogP contribution in [-0.2, 0) is 6.42 Å². The Bertz CT molecular complexity index is 1050. The van der Waals surface area contributed by atoms with E-state index in [0.717, 1.165) is 29.2 Å². The van der Waals surface area contributed by atoms with E-state index in [2.05, 4.69) is 20.5 Å². The fourth-order valence-corrected chi connectivity index (χ4v) is 4.94. The summed E-state index contributed by atoms with van der Waals surface area (Å²) in [7, 11) is 0. The third kappa shape index (κ3) is 3.35. The van der Waals surface area contributed by atoms with E-state index >= 15 is 0 Å². The van der Waals surface area contributed by atoms with Crippen molar-refractivity contribution in [2.75, 3.05) is 26.2 Å². The summed E-state index contributed by atoms with van der Waals surface area (Å²) in [6, 6.07) is 5.94. The lowest BCUT2D eigenvalue weighted by Crippen LogP contribution is -2.57. The van der Waals surface area contributed by atoms with Gasteiger partial charge in [0.1, 0.15) is 4.88 Å². The van der Waals surface area contributed by atoms with Crippen molar-refractivity contribution in [2.24, 2.45) is 5.41 Å². The van der Waals surface area contributed by atoms with Crippen LogP contribution < -0.4 is 5.32 Å².